The Hall–Kier alpha value is -1.94. The van der Waals surface area contributed by atoms with E-state index in [-0.39, 0.29) is 25.7 Å². The van der Waals surface area contributed by atoms with Crippen molar-refractivity contribution in [2.75, 3.05) is 39.6 Å². The van der Waals surface area contributed by atoms with Crippen LogP contribution in [-0.2, 0) is 65.4 Å². The molecule has 0 saturated carbocycles. The van der Waals surface area contributed by atoms with Gasteiger partial charge in [0.15, 0.2) is 12.2 Å². The van der Waals surface area contributed by atoms with Gasteiger partial charge in [-0.3, -0.25) is 37.3 Å². The normalized spacial score (nSPS) is 14.6. The number of phosphoric acid groups is 2. The van der Waals surface area contributed by atoms with Gasteiger partial charge in [0, 0.05) is 25.7 Å². The van der Waals surface area contributed by atoms with E-state index in [1.165, 1.54) is 135 Å². The standard InChI is InChI=1S/C63H122O17P2/c1-6-10-13-16-18-20-21-22-23-24-29-32-37-42-47-61(66)74-53-59(80-63(68)49-44-39-34-30-26-25-28-31-36-40-45-56(5)9-4)55-78-82(71,72)76-51-57(64)50-75-81(69,70)77-54-58(52-73-60(65)46-41-35-15-12-8-3)79-62(67)48-43-38-33-27-19-17-14-11-7-2/h56-59,64H,6-55H2,1-5H3,(H,69,70)(H,71,72)/t56?,57-,58+,59+/m0/s1. The molecule has 17 nitrogen and oxygen atoms in total. The molecule has 6 atom stereocenters. The summed E-state index contributed by atoms with van der Waals surface area (Å²) in [7, 11) is -9.87. The second kappa shape index (κ2) is 56.8. The largest absolute Gasteiger partial charge is 0.472 e. The van der Waals surface area contributed by atoms with Crippen molar-refractivity contribution in [3.05, 3.63) is 0 Å². The van der Waals surface area contributed by atoms with Crippen molar-refractivity contribution in [1.82, 2.24) is 0 Å². The fourth-order valence-corrected chi connectivity index (χ4v) is 11.0. The molecule has 0 spiro atoms. The van der Waals surface area contributed by atoms with Gasteiger partial charge in [0.2, 0.25) is 0 Å². The molecule has 0 amide bonds. The zero-order chi connectivity index (χ0) is 60.6. The Morgan fingerprint density at radius 1 is 0.341 bits per heavy atom. The highest BCUT2D eigenvalue weighted by atomic mass is 31.2. The van der Waals surface area contributed by atoms with Crippen molar-refractivity contribution >= 4 is 39.5 Å². The lowest BCUT2D eigenvalue weighted by Gasteiger charge is -2.21. The Labute approximate surface area is 498 Å². The SMILES string of the molecule is CCCCCCCCCCCCCCCCC(=O)OC[C@H](COP(=O)(O)OC[C@@H](O)COP(=O)(O)OC[C@@H](COC(=O)CCCCCCC)OC(=O)CCCCCCCCCCC)OC(=O)CCCCCCCCCCCCC(C)CC. The highest BCUT2D eigenvalue weighted by Crippen LogP contribution is 2.45. The highest BCUT2D eigenvalue weighted by Gasteiger charge is 2.30. The molecule has 0 heterocycles. The number of unbranched alkanes of at least 4 members (excludes halogenated alkanes) is 34. The molecule has 486 valence electrons. The minimum atomic E-state index is -4.94. The van der Waals surface area contributed by atoms with E-state index >= 15 is 0 Å². The molecule has 0 aliphatic carbocycles. The Kier molecular flexibility index (Phi) is 55.5. The molecule has 3 unspecified atom stereocenters. The lowest BCUT2D eigenvalue weighted by Crippen LogP contribution is -2.30. The summed E-state index contributed by atoms with van der Waals surface area (Å²) in [6, 6.07) is 0. The Balaban J connectivity index is 5.17. The molecular formula is C63H122O17P2. The highest BCUT2D eigenvalue weighted by molar-refractivity contribution is 7.47. The van der Waals surface area contributed by atoms with Crippen LogP contribution in [0.4, 0.5) is 0 Å². The van der Waals surface area contributed by atoms with Gasteiger partial charge in [0.1, 0.15) is 19.3 Å². The van der Waals surface area contributed by atoms with Crippen LogP contribution in [-0.4, -0.2) is 96.7 Å². The maximum atomic E-state index is 13.0. The monoisotopic (exact) mass is 1210 g/mol. The number of ether oxygens (including phenoxy) is 4. The first-order valence-corrected chi connectivity index (χ1v) is 36.2. The van der Waals surface area contributed by atoms with E-state index in [0.29, 0.717) is 25.7 Å². The third-order valence-electron chi connectivity index (χ3n) is 14.9. The van der Waals surface area contributed by atoms with Gasteiger partial charge >= 0.3 is 39.5 Å². The molecule has 0 aromatic carbocycles. The average Bonchev–Trinajstić information content (AvgIpc) is 3.46. The van der Waals surface area contributed by atoms with Crippen LogP contribution >= 0.6 is 15.6 Å². The molecule has 0 aliphatic rings. The molecule has 0 radical (unpaired) electrons. The Bertz CT molecular complexity index is 1600. The van der Waals surface area contributed by atoms with Crippen LogP contribution in [0.1, 0.15) is 317 Å². The third kappa shape index (κ3) is 55.9. The van der Waals surface area contributed by atoms with Crippen LogP contribution in [0.25, 0.3) is 0 Å². The van der Waals surface area contributed by atoms with Crippen LogP contribution in [0.3, 0.4) is 0 Å². The van der Waals surface area contributed by atoms with E-state index in [1.54, 1.807) is 0 Å². The molecule has 0 aliphatic heterocycles. The van der Waals surface area contributed by atoms with Crippen molar-refractivity contribution in [3.8, 4) is 0 Å². The molecule has 0 bridgehead atoms. The first-order chi connectivity index (χ1) is 39.6. The lowest BCUT2D eigenvalue weighted by atomic mass is 9.99. The molecule has 0 rings (SSSR count). The summed E-state index contributed by atoms with van der Waals surface area (Å²) in [5.41, 5.74) is 0. The average molecular weight is 1210 g/mol. The predicted octanol–water partition coefficient (Wildman–Crippen LogP) is 17.4. The summed E-state index contributed by atoms with van der Waals surface area (Å²) < 4.78 is 67.7. The number of phosphoric ester groups is 2. The van der Waals surface area contributed by atoms with Gasteiger partial charge in [-0.25, -0.2) is 9.13 Å². The molecule has 19 heteroatoms. The van der Waals surface area contributed by atoms with Crippen LogP contribution < -0.4 is 0 Å². The molecular weight excluding hydrogens is 1090 g/mol. The molecule has 0 saturated heterocycles. The minimum absolute atomic E-state index is 0.105. The van der Waals surface area contributed by atoms with E-state index in [1.807, 2.05) is 0 Å². The van der Waals surface area contributed by atoms with Gasteiger partial charge in [0.05, 0.1) is 26.4 Å². The number of aliphatic hydroxyl groups excluding tert-OH is 1. The van der Waals surface area contributed by atoms with Crippen molar-refractivity contribution in [2.24, 2.45) is 5.92 Å². The van der Waals surface area contributed by atoms with E-state index in [0.717, 1.165) is 102 Å². The van der Waals surface area contributed by atoms with Gasteiger partial charge in [-0.1, -0.05) is 266 Å². The van der Waals surface area contributed by atoms with E-state index in [2.05, 4.69) is 34.6 Å². The summed E-state index contributed by atoms with van der Waals surface area (Å²) in [4.78, 5) is 71.9. The fraction of sp³-hybridized carbons (Fsp3) is 0.937. The maximum absolute atomic E-state index is 13.0. The zero-order valence-corrected chi connectivity index (χ0v) is 54.4. The first-order valence-electron chi connectivity index (χ1n) is 33.2. The summed E-state index contributed by atoms with van der Waals surface area (Å²) >= 11 is 0. The lowest BCUT2D eigenvalue weighted by molar-refractivity contribution is -0.161. The van der Waals surface area contributed by atoms with E-state index in [4.69, 9.17) is 37.0 Å². The second-order valence-corrected chi connectivity index (χ2v) is 25.9. The van der Waals surface area contributed by atoms with Crippen LogP contribution in [0.2, 0.25) is 0 Å². The number of esters is 4. The maximum Gasteiger partial charge on any atom is 0.472 e. The van der Waals surface area contributed by atoms with Crippen LogP contribution in [0.15, 0.2) is 0 Å². The summed E-state index contributed by atoms with van der Waals surface area (Å²) in [5, 5.41) is 10.5. The van der Waals surface area contributed by atoms with Crippen molar-refractivity contribution < 1.29 is 80.2 Å². The Morgan fingerprint density at radius 3 is 0.866 bits per heavy atom. The van der Waals surface area contributed by atoms with Crippen molar-refractivity contribution in [3.63, 3.8) is 0 Å². The predicted molar refractivity (Wildman–Crippen MR) is 326 cm³/mol. The van der Waals surface area contributed by atoms with Gasteiger partial charge in [-0.15, -0.1) is 0 Å². The Morgan fingerprint density at radius 2 is 0.585 bits per heavy atom. The number of carbonyl (C=O) groups is 4. The number of carbonyl (C=O) groups excluding carboxylic acids is 4. The molecule has 0 aromatic rings. The van der Waals surface area contributed by atoms with Crippen LogP contribution in [0, 0.1) is 5.92 Å². The van der Waals surface area contributed by atoms with Gasteiger partial charge in [-0.2, -0.15) is 0 Å². The molecule has 0 aromatic heterocycles. The van der Waals surface area contributed by atoms with Crippen molar-refractivity contribution in [1.29, 1.82) is 0 Å². The number of aliphatic hydroxyl groups is 1. The van der Waals surface area contributed by atoms with E-state index in [9.17, 15) is 43.2 Å². The van der Waals surface area contributed by atoms with E-state index < -0.39 is 97.5 Å². The first kappa shape index (κ1) is 80.1. The van der Waals surface area contributed by atoms with Crippen molar-refractivity contribution in [2.45, 2.75) is 335 Å². The number of rotatable bonds is 63. The smallest absolute Gasteiger partial charge is 0.462 e. The number of hydrogen-bond donors (Lipinski definition) is 3. The minimum Gasteiger partial charge on any atom is -0.462 e. The molecule has 3 N–H and O–H groups in total. The van der Waals surface area contributed by atoms with Gasteiger partial charge in [0.25, 0.3) is 0 Å². The van der Waals surface area contributed by atoms with Gasteiger partial charge < -0.3 is 33.8 Å². The topological polar surface area (TPSA) is 237 Å². The molecule has 82 heavy (non-hydrogen) atoms. The summed E-state index contributed by atoms with van der Waals surface area (Å²) in [6.07, 6.45) is 40.6. The zero-order valence-electron chi connectivity index (χ0n) is 52.6. The number of hydrogen-bond acceptors (Lipinski definition) is 15. The van der Waals surface area contributed by atoms with Gasteiger partial charge in [-0.05, 0) is 31.6 Å². The summed E-state index contributed by atoms with van der Waals surface area (Å²) in [5.74, 6) is -1.34. The fourth-order valence-electron chi connectivity index (χ4n) is 9.37. The summed E-state index contributed by atoms with van der Waals surface area (Å²) in [6.45, 7) is 7.11. The quantitative estimate of drug-likeness (QED) is 0.0222. The third-order valence-corrected chi connectivity index (χ3v) is 16.8. The molecule has 0 fully saturated rings. The van der Waals surface area contributed by atoms with Crippen LogP contribution in [0.5, 0.6) is 0 Å². The second-order valence-electron chi connectivity index (χ2n) is 23.0.